The number of hydrogen-bond donors (Lipinski definition) is 1. The Labute approximate surface area is 131 Å². The van der Waals surface area contributed by atoms with E-state index >= 15 is 0 Å². The lowest BCUT2D eigenvalue weighted by atomic mass is 9.76. The van der Waals surface area contributed by atoms with Crippen LogP contribution in [0.4, 0.5) is 0 Å². The highest BCUT2D eigenvalue weighted by atomic mass is 79.9. The minimum absolute atomic E-state index is 0.00572. The van der Waals surface area contributed by atoms with Gasteiger partial charge in [0.05, 0.1) is 5.56 Å². The molecule has 1 aliphatic carbocycles. The topological polar surface area (TPSA) is 29.1 Å². The molecule has 0 unspecified atom stereocenters. The number of nitrogens with one attached hydrogen (secondary N) is 1. The minimum atomic E-state index is 0.00572. The van der Waals surface area contributed by atoms with Crippen LogP contribution in [-0.4, -0.2) is 12.5 Å². The van der Waals surface area contributed by atoms with Crippen molar-refractivity contribution in [2.24, 2.45) is 5.41 Å². The van der Waals surface area contributed by atoms with Crippen molar-refractivity contribution in [1.82, 2.24) is 5.32 Å². The Morgan fingerprint density at radius 3 is 2.58 bits per heavy atom. The molecule has 0 spiro atoms. The van der Waals surface area contributed by atoms with E-state index in [1.807, 2.05) is 18.2 Å². The number of rotatable bonds is 3. The summed E-state index contributed by atoms with van der Waals surface area (Å²) in [7, 11) is 0. The molecule has 0 radical (unpaired) electrons. The number of amides is 1. The first-order chi connectivity index (χ1) is 9.00. The molecule has 1 N–H and O–H groups in total. The average molecular weight is 389 g/mol. The zero-order valence-electron chi connectivity index (χ0n) is 11.1. The van der Waals surface area contributed by atoms with E-state index in [-0.39, 0.29) is 11.3 Å². The SMILES string of the molecule is CC1(CNC(=O)c2ccc(Br)cc2Br)CCCCC1. The zero-order chi connectivity index (χ0) is 13.9. The van der Waals surface area contributed by atoms with Gasteiger partial charge in [0.15, 0.2) is 0 Å². The second-order valence-electron chi connectivity index (χ2n) is 5.68. The second kappa shape index (κ2) is 6.40. The molecule has 19 heavy (non-hydrogen) atoms. The first-order valence-corrected chi connectivity index (χ1v) is 8.32. The van der Waals surface area contributed by atoms with Gasteiger partial charge < -0.3 is 5.32 Å². The molecule has 2 nitrogen and oxygen atoms in total. The smallest absolute Gasteiger partial charge is 0.252 e. The number of carbonyl (C=O) groups excluding carboxylic acids is 1. The number of benzene rings is 1. The van der Waals surface area contributed by atoms with E-state index in [9.17, 15) is 4.79 Å². The maximum absolute atomic E-state index is 12.2. The van der Waals surface area contributed by atoms with Crippen LogP contribution in [0.15, 0.2) is 27.1 Å². The molecule has 1 saturated carbocycles. The molecule has 0 bridgehead atoms. The van der Waals surface area contributed by atoms with Gasteiger partial charge in [-0.1, -0.05) is 42.1 Å². The van der Waals surface area contributed by atoms with Crippen molar-refractivity contribution in [1.29, 1.82) is 0 Å². The van der Waals surface area contributed by atoms with E-state index in [2.05, 4.69) is 44.1 Å². The molecule has 4 heteroatoms. The molecule has 1 aromatic rings. The van der Waals surface area contributed by atoms with Crippen molar-refractivity contribution in [3.05, 3.63) is 32.7 Å². The standard InChI is InChI=1S/C15H19Br2NO/c1-15(7-3-2-4-8-15)10-18-14(19)12-6-5-11(16)9-13(12)17/h5-6,9H,2-4,7-8,10H2,1H3,(H,18,19). The van der Waals surface area contributed by atoms with Gasteiger partial charge in [0.1, 0.15) is 0 Å². The van der Waals surface area contributed by atoms with Crippen molar-refractivity contribution in [3.63, 3.8) is 0 Å². The Morgan fingerprint density at radius 1 is 1.26 bits per heavy atom. The fraction of sp³-hybridized carbons (Fsp3) is 0.533. The zero-order valence-corrected chi connectivity index (χ0v) is 14.3. The first kappa shape index (κ1) is 15.0. The third kappa shape index (κ3) is 4.06. The van der Waals surface area contributed by atoms with Crippen LogP contribution in [0.2, 0.25) is 0 Å². The number of halogens is 2. The van der Waals surface area contributed by atoms with Crippen molar-refractivity contribution in [2.45, 2.75) is 39.0 Å². The lowest BCUT2D eigenvalue weighted by molar-refractivity contribution is 0.0918. The van der Waals surface area contributed by atoms with E-state index < -0.39 is 0 Å². The summed E-state index contributed by atoms with van der Waals surface area (Å²) in [6.07, 6.45) is 6.34. The van der Waals surface area contributed by atoms with E-state index in [1.54, 1.807) is 0 Å². The highest BCUT2D eigenvalue weighted by Gasteiger charge is 2.27. The maximum Gasteiger partial charge on any atom is 0.252 e. The molecule has 2 rings (SSSR count). The number of hydrogen-bond acceptors (Lipinski definition) is 1. The summed E-state index contributed by atoms with van der Waals surface area (Å²) in [5.74, 6) is 0.00572. The maximum atomic E-state index is 12.2. The fourth-order valence-electron chi connectivity index (χ4n) is 2.64. The molecular formula is C15H19Br2NO. The monoisotopic (exact) mass is 387 g/mol. The predicted octanol–water partition coefficient (Wildman–Crippen LogP) is 4.91. The molecule has 0 heterocycles. The van der Waals surface area contributed by atoms with Crippen LogP contribution in [0.5, 0.6) is 0 Å². The summed E-state index contributed by atoms with van der Waals surface area (Å²) in [4.78, 5) is 12.2. The molecule has 104 valence electrons. The highest BCUT2D eigenvalue weighted by molar-refractivity contribution is 9.11. The Kier molecular flexibility index (Phi) is 5.07. The Balaban J connectivity index is 1.97. The highest BCUT2D eigenvalue weighted by Crippen LogP contribution is 2.35. The fourth-order valence-corrected chi connectivity index (χ4v) is 3.87. The van der Waals surface area contributed by atoms with Gasteiger partial charge in [-0.2, -0.15) is 0 Å². The molecule has 1 aromatic carbocycles. The molecule has 0 aromatic heterocycles. The van der Waals surface area contributed by atoms with Gasteiger partial charge in [-0.15, -0.1) is 0 Å². The molecule has 1 fully saturated rings. The van der Waals surface area contributed by atoms with Crippen LogP contribution in [0.1, 0.15) is 49.4 Å². The molecule has 0 aliphatic heterocycles. The minimum Gasteiger partial charge on any atom is -0.351 e. The van der Waals surface area contributed by atoms with Gasteiger partial charge in [0.25, 0.3) is 5.91 Å². The van der Waals surface area contributed by atoms with Crippen LogP contribution < -0.4 is 5.32 Å². The second-order valence-corrected chi connectivity index (χ2v) is 7.45. The third-order valence-electron chi connectivity index (χ3n) is 3.91. The van der Waals surface area contributed by atoms with Crippen LogP contribution in [0.3, 0.4) is 0 Å². The van der Waals surface area contributed by atoms with Gasteiger partial charge in [-0.05, 0) is 52.4 Å². The van der Waals surface area contributed by atoms with Crippen molar-refractivity contribution in [3.8, 4) is 0 Å². The molecule has 1 amide bonds. The Morgan fingerprint density at radius 2 is 1.95 bits per heavy atom. The van der Waals surface area contributed by atoms with Crippen molar-refractivity contribution in [2.75, 3.05) is 6.54 Å². The number of carbonyl (C=O) groups is 1. The molecule has 0 saturated heterocycles. The van der Waals surface area contributed by atoms with E-state index in [0.717, 1.165) is 15.5 Å². The van der Waals surface area contributed by atoms with Gasteiger partial charge in [-0.3, -0.25) is 4.79 Å². The largest absolute Gasteiger partial charge is 0.351 e. The van der Waals surface area contributed by atoms with Crippen LogP contribution in [0, 0.1) is 5.41 Å². The summed E-state index contributed by atoms with van der Waals surface area (Å²) in [5.41, 5.74) is 0.970. The van der Waals surface area contributed by atoms with Gasteiger partial charge in [-0.25, -0.2) is 0 Å². The molecule has 0 atom stereocenters. The quantitative estimate of drug-likeness (QED) is 0.782. The summed E-state index contributed by atoms with van der Waals surface area (Å²) in [6.45, 7) is 3.05. The summed E-state index contributed by atoms with van der Waals surface area (Å²) < 4.78 is 1.79. The van der Waals surface area contributed by atoms with Crippen molar-refractivity contribution < 1.29 is 4.79 Å². The van der Waals surface area contributed by atoms with Crippen LogP contribution in [-0.2, 0) is 0 Å². The normalized spacial score (nSPS) is 18.1. The van der Waals surface area contributed by atoms with Crippen LogP contribution in [0.25, 0.3) is 0 Å². The average Bonchev–Trinajstić information content (AvgIpc) is 2.37. The molecule has 1 aliphatic rings. The van der Waals surface area contributed by atoms with E-state index in [1.165, 1.54) is 32.1 Å². The van der Waals surface area contributed by atoms with Gasteiger partial charge in [0.2, 0.25) is 0 Å². The Bertz CT molecular complexity index is 467. The lowest BCUT2D eigenvalue weighted by Gasteiger charge is -2.33. The summed E-state index contributed by atoms with van der Waals surface area (Å²) in [5, 5.41) is 3.09. The van der Waals surface area contributed by atoms with E-state index in [0.29, 0.717) is 5.56 Å². The summed E-state index contributed by atoms with van der Waals surface area (Å²) >= 11 is 6.83. The van der Waals surface area contributed by atoms with Crippen LogP contribution >= 0.6 is 31.9 Å². The predicted molar refractivity (Wildman–Crippen MR) is 85.4 cm³/mol. The first-order valence-electron chi connectivity index (χ1n) is 6.73. The Hall–Kier alpha value is -0.350. The van der Waals surface area contributed by atoms with Gasteiger partial charge in [0, 0.05) is 15.5 Å². The lowest BCUT2D eigenvalue weighted by Crippen LogP contribution is -2.37. The third-order valence-corrected chi connectivity index (χ3v) is 5.06. The van der Waals surface area contributed by atoms with E-state index in [4.69, 9.17) is 0 Å². The van der Waals surface area contributed by atoms with Crippen molar-refractivity contribution >= 4 is 37.8 Å². The molecular weight excluding hydrogens is 370 g/mol. The summed E-state index contributed by atoms with van der Waals surface area (Å²) in [6, 6.07) is 5.63. The van der Waals surface area contributed by atoms with Gasteiger partial charge >= 0.3 is 0 Å².